The highest BCUT2D eigenvalue weighted by Gasteiger charge is 2.63. The second-order valence-corrected chi connectivity index (χ2v) is 23.4. The summed E-state index contributed by atoms with van der Waals surface area (Å²) in [4.78, 5) is 0. The summed E-state index contributed by atoms with van der Waals surface area (Å²) in [6, 6.07) is 17.6. The summed E-state index contributed by atoms with van der Waals surface area (Å²) in [5.41, 5.74) is 5.08. The molecule has 0 aliphatic heterocycles. The Morgan fingerprint density at radius 3 is 0.939 bits per heavy atom. The molecule has 6 fully saturated rings. The molecule has 12 rings (SSSR count). The predicted molar refractivity (Wildman–Crippen MR) is 260 cm³/mol. The third-order valence-corrected chi connectivity index (χ3v) is 21.3. The summed E-state index contributed by atoms with van der Waals surface area (Å²) in [6.45, 7) is 6.65. The van der Waals surface area contributed by atoms with Gasteiger partial charge in [0.25, 0.3) is 0 Å². The van der Waals surface area contributed by atoms with Gasteiger partial charge in [-0.05, 0) is 239 Å². The minimum atomic E-state index is -0.919. The highest BCUT2D eigenvalue weighted by atomic mass is 16.3. The standard InChI is InChI=1S/3C20H24O2/c3*1-3-20(22)11-9-18-17-6-4-13-12-14(21)5-7-15(13)16(17)8-10-19(18,20)2/h3*1,5,7,12,16-18,21-22H,4,6,8-11H2,2H3/t3*16-,17-,18+,19+,20+/m111/s1. The first-order valence-corrected chi connectivity index (χ1v) is 25.5. The van der Waals surface area contributed by atoms with Crippen molar-refractivity contribution in [2.24, 2.45) is 51.8 Å². The maximum atomic E-state index is 10.9. The van der Waals surface area contributed by atoms with Crippen LogP contribution in [-0.4, -0.2) is 47.4 Å². The lowest BCUT2D eigenvalue weighted by Gasteiger charge is -2.52. The van der Waals surface area contributed by atoms with Crippen LogP contribution in [0, 0.1) is 88.8 Å². The fourth-order valence-electron chi connectivity index (χ4n) is 17.5. The molecule has 0 amide bonds. The maximum Gasteiger partial charge on any atom is 0.130 e. The fraction of sp³-hybridized carbons (Fsp3) is 0.600. The number of aliphatic hydroxyl groups is 3. The number of hydrogen-bond donors (Lipinski definition) is 6. The van der Waals surface area contributed by atoms with Crippen LogP contribution in [0.4, 0.5) is 0 Å². The minimum Gasteiger partial charge on any atom is -0.508 e. The number of aromatic hydroxyl groups is 3. The van der Waals surface area contributed by atoms with E-state index in [1.165, 1.54) is 33.4 Å². The van der Waals surface area contributed by atoms with Gasteiger partial charge in [-0.3, -0.25) is 0 Å². The third kappa shape index (κ3) is 6.64. The summed E-state index contributed by atoms with van der Waals surface area (Å²) in [5.74, 6) is 14.5. The van der Waals surface area contributed by atoms with E-state index >= 15 is 0 Å². The zero-order valence-corrected chi connectivity index (χ0v) is 39.5. The Kier molecular flexibility index (Phi) is 11.1. The van der Waals surface area contributed by atoms with Crippen LogP contribution in [0.15, 0.2) is 54.6 Å². The Bertz CT molecular complexity index is 2250. The zero-order valence-electron chi connectivity index (χ0n) is 39.5. The number of phenols is 3. The average Bonchev–Trinajstić information content (AvgIpc) is 3.88. The Labute approximate surface area is 394 Å². The van der Waals surface area contributed by atoms with Gasteiger partial charge in [-0.2, -0.15) is 0 Å². The Hall–Kier alpha value is -4.38. The van der Waals surface area contributed by atoms with E-state index in [9.17, 15) is 30.6 Å². The van der Waals surface area contributed by atoms with E-state index < -0.39 is 16.8 Å². The number of rotatable bonds is 0. The zero-order chi connectivity index (χ0) is 46.6. The summed E-state index contributed by atoms with van der Waals surface area (Å²) in [7, 11) is 0. The van der Waals surface area contributed by atoms with Gasteiger partial charge in [0.15, 0.2) is 0 Å². The summed E-state index contributed by atoms with van der Waals surface area (Å²) in [5, 5.41) is 61.9. The average molecular weight is 889 g/mol. The van der Waals surface area contributed by atoms with Gasteiger partial charge in [0, 0.05) is 16.2 Å². The molecule has 0 unspecified atom stereocenters. The SMILES string of the molecule is C#C[C@]1(O)CC[C@H]2[C@@H]3CCc4cc(O)ccc4[C@H]3CC[C@@]21C.C#C[C@]1(O)CC[C@H]2[C@@H]3CCc4cc(O)ccc4[C@H]3CC[C@@]21C.C#C[C@]1(O)CC[C@H]2[C@@H]3CCc4cc(O)ccc4[C@H]3CC[C@@]21C. The molecule has 3 aromatic rings. The number of terminal acetylenes is 3. The third-order valence-electron chi connectivity index (χ3n) is 21.3. The van der Waals surface area contributed by atoms with Crippen molar-refractivity contribution >= 4 is 0 Å². The van der Waals surface area contributed by atoms with Crippen LogP contribution in [-0.2, 0) is 19.3 Å². The highest BCUT2D eigenvalue weighted by Crippen LogP contribution is 2.67. The molecule has 0 aromatic heterocycles. The molecule has 9 aliphatic carbocycles. The molecular weight excluding hydrogens is 817 g/mol. The molecule has 9 aliphatic rings. The van der Waals surface area contributed by atoms with Gasteiger partial charge in [-0.1, -0.05) is 56.7 Å². The lowest BCUT2D eigenvalue weighted by Crippen LogP contribution is -2.50. The molecule has 6 nitrogen and oxygen atoms in total. The van der Waals surface area contributed by atoms with Crippen LogP contribution in [0.1, 0.15) is 168 Å². The summed E-state index contributed by atoms with van der Waals surface area (Å²) in [6.07, 6.45) is 35.3. The molecule has 3 aromatic carbocycles. The Balaban J connectivity index is 0.000000116. The molecular formula is C60H72O6. The molecule has 0 heterocycles. The van der Waals surface area contributed by atoms with E-state index in [0.717, 1.165) is 116 Å². The van der Waals surface area contributed by atoms with Crippen molar-refractivity contribution in [3.05, 3.63) is 88.0 Å². The molecule has 0 spiro atoms. The van der Waals surface area contributed by atoms with E-state index in [2.05, 4.69) is 56.7 Å². The molecule has 15 atom stereocenters. The molecule has 0 saturated heterocycles. The van der Waals surface area contributed by atoms with Crippen molar-refractivity contribution in [1.29, 1.82) is 0 Å². The number of phenolic OH excluding ortho intramolecular Hbond substituents is 3. The van der Waals surface area contributed by atoms with Gasteiger partial charge < -0.3 is 30.6 Å². The number of hydrogen-bond acceptors (Lipinski definition) is 6. The van der Waals surface area contributed by atoms with Gasteiger partial charge in [-0.25, -0.2) is 0 Å². The quantitative estimate of drug-likeness (QED) is 0.125. The predicted octanol–water partition coefficient (Wildman–Crippen LogP) is 10.8. The molecule has 6 heteroatoms. The monoisotopic (exact) mass is 889 g/mol. The highest BCUT2D eigenvalue weighted by molar-refractivity contribution is 5.43. The van der Waals surface area contributed by atoms with Crippen molar-refractivity contribution in [3.63, 3.8) is 0 Å². The normalized spacial score (nSPS) is 42.9. The van der Waals surface area contributed by atoms with Crippen molar-refractivity contribution in [2.45, 2.75) is 171 Å². The van der Waals surface area contributed by atoms with E-state index in [1.807, 2.05) is 36.4 Å². The maximum absolute atomic E-state index is 10.9. The second-order valence-electron chi connectivity index (χ2n) is 23.4. The second kappa shape index (κ2) is 16.1. The number of benzene rings is 3. The first-order chi connectivity index (χ1) is 31.4. The lowest BCUT2D eigenvalue weighted by molar-refractivity contribution is -0.0647. The van der Waals surface area contributed by atoms with Crippen LogP contribution in [0.25, 0.3) is 0 Å². The van der Waals surface area contributed by atoms with Crippen molar-refractivity contribution in [2.75, 3.05) is 0 Å². The topological polar surface area (TPSA) is 121 Å². The molecule has 0 radical (unpaired) electrons. The lowest BCUT2D eigenvalue weighted by atomic mass is 9.53. The first-order valence-electron chi connectivity index (χ1n) is 25.5. The summed E-state index contributed by atoms with van der Waals surface area (Å²) >= 11 is 0. The van der Waals surface area contributed by atoms with Crippen LogP contribution < -0.4 is 0 Å². The van der Waals surface area contributed by atoms with Gasteiger partial charge in [0.05, 0.1) is 0 Å². The van der Waals surface area contributed by atoms with E-state index in [4.69, 9.17) is 19.3 Å². The molecule has 348 valence electrons. The Morgan fingerprint density at radius 1 is 0.409 bits per heavy atom. The molecule has 0 bridgehead atoms. The van der Waals surface area contributed by atoms with E-state index in [-0.39, 0.29) is 16.2 Å². The van der Waals surface area contributed by atoms with Crippen molar-refractivity contribution in [3.8, 4) is 54.3 Å². The minimum absolute atomic E-state index is 0.128. The largest absolute Gasteiger partial charge is 0.508 e. The Morgan fingerprint density at radius 2 is 0.682 bits per heavy atom. The van der Waals surface area contributed by atoms with Gasteiger partial charge in [0.1, 0.15) is 34.1 Å². The fourth-order valence-corrected chi connectivity index (χ4v) is 17.5. The van der Waals surface area contributed by atoms with E-state index in [0.29, 0.717) is 70.5 Å². The number of aryl methyl sites for hydroxylation is 3. The van der Waals surface area contributed by atoms with Gasteiger partial charge >= 0.3 is 0 Å². The van der Waals surface area contributed by atoms with Gasteiger partial charge in [-0.15, -0.1) is 19.3 Å². The van der Waals surface area contributed by atoms with Gasteiger partial charge in [0.2, 0.25) is 0 Å². The molecule has 66 heavy (non-hydrogen) atoms. The molecule has 6 saturated carbocycles. The van der Waals surface area contributed by atoms with E-state index in [1.54, 1.807) is 0 Å². The smallest absolute Gasteiger partial charge is 0.130 e. The number of fused-ring (bicyclic) bond motifs is 15. The molecule has 6 N–H and O–H groups in total. The van der Waals surface area contributed by atoms with Crippen LogP contribution in [0.3, 0.4) is 0 Å². The van der Waals surface area contributed by atoms with Crippen LogP contribution in [0.5, 0.6) is 17.2 Å². The first kappa shape index (κ1) is 45.4. The summed E-state index contributed by atoms with van der Waals surface area (Å²) < 4.78 is 0. The van der Waals surface area contributed by atoms with Crippen molar-refractivity contribution < 1.29 is 30.6 Å². The van der Waals surface area contributed by atoms with Crippen LogP contribution >= 0.6 is 0 Å². The van der Waals surface area contributed by atoms with Crippen LogP contribution in [0.2, 0.25) is 0 Å². The van der Waals surface area contributed by atoms with Crippen molar-refractivity contribution in [1.82, 2.24) is 0 Å².